The molecule has 2 heterocycles. The zero-order chi connectivity index (χ0) is 19.3. The van der Waals surface area contributed by atoms with Crippen molar-refractivity contribution in [2.45, 2.75) is 32.2 Å². The highest BCUT2D eigenvalue weighted by molar-refractivity contribution is 6.08. The molecule has 0 bridgehead atoms. The van der Waals surface area contributed by atoms with Crippen LogP contribution >= 0.6 is 0 Å². The number of benzene rings is 2. The number of H-pyrrole nitrogens is 1. The molecule has 2 aromatic carbocycles. The number of rotatable bonds is 3. The minimum absolute atomic E-state index is 0.348. The molecule has 2 N–H and O–H groups in total. The van der Waals surface area contributed by atoms with Crippen LogP contribution in [-0.2, 0) is 19.4 Å². The Bertz CT molecular complexity index is 1190. The van der Waals surface area contributed by atoms with Gasteiger partial charge in [0.1, 0.15) is 5.75 Å². The lowest BCUT2D eigenvalue weighted by molar-refractivity contribution is 0.386. The monoisotopic (exact) mass is 371 g/mol. The quantitative estimate of drug-likeness (QED) is 0.531. The van der Waals surface area contributed by atoms with Gasteiger partial charge in [0.05, 0.1) is 11.2 Å². The molecular formula is C24H25N3O. The topological polar surface area (TPSA) is 52.2 Å². The third-order valence-electron chi connectivity index (χ3n) is 5.84. The first-order chi connectivity index (χ1) is 13.6. The fourth-order valence-electron chi connectivity index (χ4n) is 4.60. The summed E-state index contributed by atoms with van der Waals surface area (Å²) in [7, 11) is 4.04. The molecular weight excluding hydrogens is 346 g/mol. The Kier molecular flexibility index (Phi) is 4.09. The van der Waals surface area contributed by atoms with Crippen molar-refractivity contribution in [3.05, 3.63) is 59.3 Å². The number of aryl methyl sites for hydroxylation is 1. The number of hydrogen-bond acceptors (Lipinski definition) is 3. The van der Waals surface area contributed by atoms with Crippen molar-refractivity contribution in [1.82, 2.24) is 14.9 Å². The summed E-state index contributed by atoms with van der Waals surface area (Å²) in [5.41, 5.74) is 8.20. The summed E-state index contributed by atoms with van der Waals surface area (Å²) in [5, 5.41) is 12.9. The second kappa shape index (κ2) is 6.64. The van der Waals surface area contributed by atoms with E-state index in [0.717, 1.165) is 35.2 Å². The van der Waals surface area contributed by atoms with Crippen molar-refractivity contribution in [3.63, 3.8) is 0 Å². The lowest BCUT2D eigenvalue weighted by Crippen LogP contribution is -2.11. The number of phenols is 1. The molecule has 28 heavy (non-hydrogen) atoms. The summed E-state index contributed by atoms with van der Waals surface area (Å²) in [6.45, 7) is 0.708. The Hall–Kier alpha value is -2.85. The van der Waals surface area contributed by atoms with Crippen LogP contribution in [0, 0.1) is 0 Å². The van der Waals surface area contributed by atoms with Crippen LogP contribution in [0.15, 0.2) is 42.6 Å². The normalized spacial score (nSPS) is 14.1. The highest BCUT2D eigenvalue weighted by Gasteiger charge is 2.21. The molecule has 4 heteroatoms. The van der Waals surface area contributed by atoms with E-state index in [1.807, 2.05) is 32.4 Å². The molecule has 4 aromatic rings. The van der Waals surface area contributed by atoms with Gasteiger partial charge in [-0.05, 0) is 87.3 Å². The van der Waals surface area contributed by atoms with Crippen LogP contribution in [0.1, 0.15) is 29.5 Å². The second-order valence-electron chi connectivity index (χ2n) is 8.10. The van der Waals surface area contributed by atoms with Gasteiger partial charge in [-0.3, -0.25) is 0 Å². The van der Waals surface area contributed by atoms with Gasteiger partial charge in [0.25, 0.3) is 0 Å². The zero-order valence-corrected chi connectivity index (χ0v) is 16.4. The first-order valence-electron chi connectivity index (χ1n) is 10.0. The lowest BCUT2D eigenvalue weighted by atomic mass is 9.85. The molecule has 0 atom stereocenters. The summed E-state index contributed by atoms with van der Waals surface area (Å²) in [5.74, 6) is 0.348. The van der Waals surface area contributed by atoms with Crippen molar-refractivity contribution in [3.8, 4) is 17.0 Å². The molecule has 142 valence electrons. The molecule has 1 aliphatic rings. The highest BCUT2D eigenvalue weighted by atomic mass is 16.3. The largest absolute Gasteiger partial charge is 0.508 e. The van der Waals surface area contributed by atoms with Crippen LogP contribution in [-0.4, -0.2) is 34.1 Å². The summed E-state index contributed by atoms with van der Waals surface area (Å²) in [4.78, 5) is 10.5. The number of aromatic nitrogens is 2. The molecule has 0 aliphatic heterocycles. The van der Waals surface area contributed by atoms with Gasteiger partial charge in [-0.1, -0.05) is 0 Å². The van der Waals surface area contributed by atoms with Crippen molar-refractivity contribution in [1.29, 1.82) is 0 Å². The zero-order valence-electron chi connectivity index (χ0n) is 16.4. The van der Waals surface area contributed by atoms with Gasteiger partial charge < -0.3 is 15.0 Å². The number of aromatic amines is 1. The van der Waals surface area contributed by atoms with Gasteiger partial charge in [0.2, 0.25) is 0 Å². The first kappa shape index (κ1) is 17.3. The number of aromatic hydroxyl groups is 1. The number of nitrogens with one attached hydrogen (secondary N) is 1. The third kappa shape index (κ3) is 2.76. The average Bonchev–Trinajstić information content (AvgIpc) is 3.17. The molecule has 4 nitrogen and oxygen atoms in total. The summed E-state index contributed by atoms with van der Waals surface area (Å²) >= 11 is 0. The van der Waals surface area contributed by atoms with Crippen molar-refractivity contribution in [2.24, 2.45) is 0 Å². The minimum Gasteiger partial charge on any atom is -0.508 e. The fourth-order valence-corrected chi connectivity index (χ4v) is 4.60. The van der Waals surface area contributed by atoms with Crippen molar-refractivity contribution in [2.75, 3.05) is 14.1 Å². The number of phenolic OH excluding ortho intramolecular Hbond substituents is 1. The molecule has 0 saturated heterocycles. The van der Waals surface area contributed by atoms with E-state index in [9.17, 15) is 5.11 Å². The summed E-state index contributed by atoms with van der Waals surface area (Å²) in [6, 6.07) is 12.3. The van der Waals surface area contributed by atoms with Gasteiger partial charge in [-0.2, -0.15) is 0 Å². The molecule has 0 saturated carbocycles. The Morgan fingerprint density at radius 1 is 1.04 bits per heavy atom. The lowest BCUT2D eigenvalue weighted by Gasteiger charge is -2.22. The standard InChI is InChI=1S/C24H25N3O/c1-27(2)14-16-13-15(7-10-22(16)28)24-18-6-4-3-5-17(18)23-19-11-12-25-20(19)8-9-21(23)26-24/h7-13,25,28H,3-6,14H2,1-2H3. The molecule has 0 fully saturated rings. The molecule has 1 aliphatic carbocycles. The molecule has 2 aromatic heterocycles. The maximum Gasteiger partial charge on any atom is 0.120 e. The highest BCUT2D eigenvalue weighted by Crippen LogP contribution is 2.38. The molecule has 0 radical (unpaired) electrons. The van der Waals surface area contributed by atoms with E-state index in [1.165, 1.54) is 40.3 Å². The molecule has 0 spiro atoms. The van der Waals surface area contributed by atoms with E-state index in [4.69, 9.17) is 4.98 Å². The number of fused-ring (bicyclic) bond motifs is 5. The Balaban J connectivity index is 1.78. The third-order valence-corrected chi connectivity index (χ3v) is 5.84. The van der Waals surface area contributed by atoms with E-state index in [1.54, 1.807) is 0 Å². The van der Waals surface area contributed by atoms with Crippen molar-refractivity contribution < 1.29 is 5.11 Å². The van der Waals surface area contributed by atoms with Crippen LogP contribution in [0.25, 0.3) is 33.1 Å². The molecule has 0 amide bonds. The number of nitrogens with zero attached hydrogens (tertiary/aromatic N) is 2. The van der Waals surface area contributed by atoms with Gasteiger partial charge in [-0.15, -0.1) is 0 Å². The minimum atomic E-state index is 0.348. The maximum atomic E-state index is 10.3. The first-order valence-corrected chi connectivity index (χ1v) is 10.0. The predicted octanol–water partition coefficient (Wildman–Crippen LogP) is 5.03. The predicted molar refractivity (Wildman–Crippen MR) is 115 cm³/mol. The van der Waals surface area contributed by atoms with E-state index >= 15 is 0 Å². The van der Waals surface area contributed by atoms with E-state index in [0.29, 0.717) is 12.3 Å². The van der Waals surface area contributed by atoms with E-state index in [-0.39, 0.29) is 0 Å². The van der Waals surface area contributed by atoms with Gasteiger partial charge in [0.15, 0.2) is 0 Å². The fraction of sp³-hybridized carbons (Fsp3) is 0.292. The van der Waals surface area contributed by atoms with Gasteiger partial charge >= 0.3 is 0 Å². The summed E-state index contributed by atoms with van der Waals surface area (Å²) in [6.07, 6.45) is 6.63. The summed E-state index contributed by atoms with van der Waals surface area (Å²) < 4.78 is 0. The maximum absolute atomic E-state index is 10.3. The Morgan fingerprint density at radius 2 is 1.86 bits per heavy atom. The number of hydrogen-bond donors (Lipinski definition) is 2. The average molecular weight is 371 g/mol. The Labute approximate surface area is 164 Å². The van der Waals surface area contributed by atoms with E-state index < -0.39 is 0 Å². The molecule has 0 unspecified atom stereocenters. The van der Waals surface area contributed by atoms with Crippen molar-refractivity contribution >= 4 is 21.8 Å². The van der Waals surface area contributed by atoms with Crippen LogP contribution in [0.3, 0.4) is 0 Å². The number of pyridine rings is 1. The molecule has 5 rings (SSSR count). The SMILES string of the molecule is CN(C)Cc1cc(-c2nc3ccc4[nH]ccc4c3c3c2CCCC3)ccc1O. The van der Waals surface area contributed by atoms with E-state index in [2.05, 4.69) is 34.1 Å². The second-order valence-corrected chi connectivity index (χ2v) is 8.10. The van der Waals surface area contributed by atoms with Crippen LogP contribution in [0.5, 0.6) is 5.75 Å². The van der Waals surface area contributed by atoms with Gasteiger partial charge in [0, 0.05) is 40.2 Å². The van der Waals surface area contributed by atoms with Gasteiger partial charge in [-0.25, -0.2) is 4.98 Å². The van der Waals surface area contributed by atoms with Crippen LogP contribution in [0.4, 0.5) is 0 Å². The Morgan fingerprint density at radius 3 is 2.68 bits per heavy atom. The van der Waals surface area contributed by atoms with Crippen LogP contribution < -0.4 is 0 Å². The van der Waals surface area contributed by atoms with Crippen LogP contribution in [0.2, 0.25) is 0 Å². The smallest absolute Gasteiger partial charge is 0.120 e.